The average Bonchev–Trinajstić information content (AvgIpc) is 3.15. The molecule has 0 aliphatic rings. The first-order valence-corrected chi connectivity index (χ1v) is 10.4. The number of Topliss-reactive ketones (excluding diaryl/α,β-unsaturated/α-hetero) is 1. The van der Waals surface area contributed by atoms with Gasteiger partial charge in [-0.05, 0) is 43.7 Å². The molecule has 2 aromatic carbocycles. The Morgan fingerprint density at radius 3 is 2.46 bits per heavy atom. The van der Waals surface area contributed by atoms with Crippen LogP contribution >= 0.6 is 23.1 Å². The Balaban J connectivity index is 1.51. The highest BCUT2D eigenvalue weighted by atomic mass is 32.2. The molecule has 28 heavy (non-hydrogen) atoms. The molecule has 1 atom stereocenters. The highest BCUT2D eigenvalue weighted by Gasteiger charge is 2.17. The van der Waals surface area contributed by atoms with Crippen LogP contribution in [0.1, 0.15) is 29.8 Å². The Hall–Kier alpha value is -2.71. The number of carbonyl (C=O) groups is 2. The van der Waals surface area contributed by atoms with Crippen LogP contribution in [0, 0.1) is 0 Å². The first kappa shape index (κ1) is 20.0. The third kappa shape index (κ3) is 5.64. The van der Waals surface area contributed by atoms with Gasteiger partial charge in [-0.15, -0.1) is 10.2 Å². The molecule has 6 nitrogen and oxygen atoms in total. The summed E-state index contributed by atoms with van der Waals surface area (Å²) in [7, 11) is 0. The summed E-state index contributed by atoms with van der Waals surface area (Å²) in [5.41, 5.74) is 2.44. The van der Waals surface area contributed by atoms with Crippen molar-refractivity contribution in [3.63, 3.8) is 0 Å². The van der Waals surface area contributed by atoms with Gasteiger partial charge in [-0.25, -0.2) is 0 Å². The molecule has 1 amide bonds. The van der Waals surface area contributed by atoms with E-state index in [0.29, 0.717) is 17.8 Å². The first-order chi connectivity index (χ1) is 13.5. The number of thioether (sulfide) groups is 1. The van der Waals surface area contributed by atoms with Crippen LogP contribution in [-0.2, 0) is 11.3 Å². The molecule has 8 heteroatoms. The molecule has 1 heterocycles. The van der Waals surface area contributed by atoms with Gasteiger partial charge in [0.25, 0.3) is 0 Å². The Kier molecular flexibility index (Phi) is 6.78. The fourth-order valence-corrected chi connectivity index (χ4v) is 4.23. The number of hydrogen-bond donors (Lipinski definition) is 2. The number of anilines is 2. The summed E-state index contributed by atoms with van der Waals surface area (Å²) in [5, 5.41) is 14.7. The van der Waals surface area contributed by atoms with E-state index in [2.05, 4.69) is 20.8 Å². The van der Waals surface area contributed by atoms with Crippen LogP contribution in [0.3, 0.4) is 0 Å². The van der Waals surface area contributed by atoms with Crippen molar-refractivity contribution in [1.82, 2.24) is 10.2 Å². The maximum Gasteiger partial charge on any atom is 0.237 e. The van der Waals surface area contributed by atoms with Gasteiger partial charge in [0.1, 0.15) is 0 Å². The van der Waals surface area contributed by atoms with E-state index in [0.717, 1.165) is 15.0 Å². The molecule has 0 unspecified atom stereocenters. The molecule has 0 saturated carbocycles. The van der Waals surface area contributed by atoms with E-state index in [9.17, 15) is 9.59 Å². The van der Waals surface area contributed by atoms with Crippen molar-refractivity contribution in [3.05, 3.63) is 65.7 Å². The van der Waals surface area contributed by atoms with E-state index < -0.39 is 0 Å². The van der Waals surface area contributed by atoms with Gasteiger partial charge in [-0.2, -0.15) is 0 Å². The largest absolute Gasteiger partial charge is 0.356 e. The van der Waals surface area contributed by atoms with Crippen molar-refractivity contribution in [3.8, 4) is 0 Å². The van der Waals surface area contributed by atoms with Gasteiger partial charge >= 0.3 is 0 Å². The Bertz CT molecular complexity index is 942. The fourth-order valence-electron chi connectivity index (χ4n) is 2.34. The lowest BCUT2D eigenvalue weighted by Gasteiger charge is -2.10. The zero-order valence-corrected chi connectivity index (χ0v) is 17.1. The Morgan fingerprint density at radius 2 is 1.79 bits per heavy atom. The van der Waals surface area contributed by atoms with E-state index in [-0.39, 0.29) is 16.9 Å². The molecular weight excluding hydrogens is 392 g/mol. The van der Waals surface area contributed by atoms with Crippen molar-refractivity contribution < 1.29 is 9.59 Å². The van der Waals surface area contributed by atoms with Gasteiger partial charge in [0, 0.05) is 17.8 Å². The van der Waals surface area contributed by atoms with Crippen LogP contribution in [0.2, 0.25) is 0 Å². The smallest absolute Gasteiger partial charge is 0.237 e. The number of ketones is 1. The predicted molar refractivity (Wildman–Crippen MR) is 114 cm³/mol. The number of benzene rings is 2. The molecule has 3 aromatic rings. The summed E-state index contributed by atoms with van der Waals surface area (Å²) in [5.74, 6) is -0.135. The molecule has 2 N–H and O–H groups in total. The summed E-state index contributed by atoms with van der Waals surface area (Å²) >= 11 is 2.78. The molecule has 0 bridgehead atoms. The van der Waals surface area contributed by atoms with Gasteiger partial charge in [0.05, 0.1) is 5.25 Å². The molecule has 0 fully saturated rings. The second-order valence-corrected chi connectivity index (χ2v) is 8.66. The van der Waals surface area contributed by atoms with Crippen LogP contribution in [0.25, 0.3) is 0 Å². The Labute approximate surface area is 171 Å². The van der Waals surface area contributed by atoms with Gasteiger partial charge in [0.2, 0.25) is 11.0 Å². The lowest BCUT2D eigenvalue weighted by atomic mass is 10.1. The quantitative estimate of drug-likeness (QED) is 0.419. The van der Waals surface area contributed by atoms with E-state index in [4.69, 9.17) is 0 Å². The zero-order valence-electron chi connectivity index (χ0n) is 15.5. The lowest BCUT2D eigenvalue weighted by molar-refractivity contribution is -0.115. The second-order valence-electron chi connectivity index (χ2n) is 6.10. The minimum atomic E-state index is -0.331. The summed E-state index contributed by atoms with van der Waals surface area (Å²) in [6.45, 7) is 4.01. The number of nitrogens with one attached hydrogen (secondary N) is 2. The molecule has 3 rings (SSSR count). The standard InChI is InChI=1S/C20H20N4O2S2/c1-13(25)16-8-10-17(11-9-16)22-18(26)14(2)27-20-24-23-19(28-20)21-12-15-6-4-3-5-7-15/h3-11,14H,12H2,1-2H3,(H,21,23)(H,22,26)/t14-/m1/s1. The van der Waals surface area contributed by atoms with Crippen LogP contribution < -0.4 is 10.6 Å². The van der Waals surface area contributed by atoms with Gasteiger partial charge in [-0.1, -0.05) is 53.4 Å². The summed E-state index contributed by atoms with van der Waals surface area (Å²) in [6.07, 6.45) is 0. The third-order valence-electron chi connectivity index (χ3n) is 3.90. The number of rotatable bonds is 8. The van der Waals surface area contributed by atoms with Crippen LogP contribution in [0.4, 0.5) is 10.8 Å². The number of carbonyl (C=O) groups excluding carboxylic acids is 2. The van der Waals surface area contributed by atoms with Gasteiger partial charge in [-0.3, -0.25) is 9.59 Å². The summed E-state index contributed by atoms with van der Waals surface area (Å²) < 4.78 is 0.727. The van der Waals surface area contributed by atoms with Crippen LogP contribution in [0.5, 0.6) is 0 Å². The summed E-state index contributed by atoms with van der Waals surface area (Å²) in [6, 6.07) is 16.9. The van der Waals surface area contributed by atoms with E-state index >= 15 is 0 Å². The van der Waals surface area contributed by atoms with Crippen LogP contribution in [0.15, 0.2) is 58.9 Å². The minimum Gasteiger partial charge on any atom is -0.356 e. The first-order valence-electron chi connectivity index (χ1n) is 8.71. The van der Waals surface area contributed by atoms with Crippen molar-refractivity contribution in [2.24, 2.45) is 0 Å². The van der Waals surface area contributed by atoms with Gasteiger partial charge in [0.15, 0.2) is 10.1 Å². The minimum absolute atomic E-state index is 0.00486. The average molecular weight is 413 g/mol. The van der Waals surface area contributed by atoms with Crippen molar-refractivity contribution in [2.45, 2.75) is 30.0 Å². The number of nitrogens with zero attached hydrogens (tertiary/aromatic N) is 2. The normalized spacial score (nSPS) is 11.6. The monoisotopic (exact) mass is 412 g/mol. The molecule has 0 aliphatic heterocycles. The number of aromatic nitrogens is 2. The SMILES string of the molecule is CC(=O)c1ccc(NC(=O)[C@@H](C)Sc2nnc(NCc3ccccc3)s2)cc1. The highest BCUT2D eigenvalue weighted by molar-refractivity contribution is 8.02. The number of hydrogen-bond acceptors (Lipinski definition) is 7. The van der Waals surface area contributed by atoms with Crippen LogP contribution in [-0.4, -0.2) is 27.1 Å². The van der Waals surface area contributed by atoms with Gasteiger partial charge < -0.3 is 10.6 Å². The molecule has 0 aliphatic carbocycles. The third-order valence-corrected chi connectivity index (χ3v) is 5.96. The molecule has 1 aromatic heterocycles. The van der Waals surface area contributed by atoms with E-state index in [1.54, 1.807) is 24.3 Å². The highest BCUT2D eigenvalue weighted by Crippen LogP contribution is 2.29. The second kappa shape index (κ2) is 9.48. The maximum atomic E-state index is 12.4. The van der Waals surface area contributed by atoms with Crippen molar-refractivity contribution >= 4 is 45.6 Å². The van der Waals surface area contributed by atoms with E-state index in [1.807, 2.05) is 37.3 Å². The number of amides is 1. The van der Waals surface area contributed by atoms with Crippen molar-refractivity contribution in [2.75, 3.05) is 10.6 Å². The predicted octanol–water partition coefficient (Wildman–Crippen LogP) is 4.47. The van der Waals surface area contributed by atoms with E-state index in [1.165, 1.54) is 30.0 Å². The molecule has 0 spiro atoms. The Morgan fingerprint density at radius 1 is 1.07 bits per heavy atom. The summed E-state index contributed by atoms with van der Waals surface area (Å²) in [4.78, 5) is 23.7. The molecule has 144 valence electrons. The molecule has 0 radical (unpaired) electrons. The zero-order chi connectivity index (χ0) is 19.9. The maximum absolute atomic E-state index is 12.4. The molecule has 0 saturated heterocycles. The van der Waals surface area contributed by atoms with Crippen molar-refractivity contribution in [1.29, 1.82) is 0 Å². The topological polar surface area (TPSA) is 84.0 Å². The lowest BCUT2D eigenvalue weighted by Crippen LogP contribution is -2.22. The molecular formula is C20H20N4O2S2. The fraction of sp³-hybridized carbons (Fsp3) is 0.200.